The fraction of sp³-hybridized carbons (Fsp3) is 0.417. The van der Waals surface area contributed by atoms with Crippen LogP contribution in [0.15, 0.2) is 24.3 Å². The van der Waals surface area contributed by atoms with Crippen LogP contribution in [0.3, 0.4) is 0 Å². The Morgan fingerprint density at radius 1 is 1.53 bits per heavy atom. The standard InChI is InChI=1S/C12H15NO2/c1-13-8-9-5-3-4-6-10(9)11(13)7-12(14)15-2/h3-6,11H,7-8H2,1-2H3. The van der Waals surface area contributed by atoms with Crippen LogP contribution in [0, 0.1) is 0 Å². The summed E-state index contributed by atoms with van der Waals surface area (Å²) in [5.41, 5.74) is 2.57. The third-order valence-electron chi connectivity index (χ3n) is 2.95. The van der Waals surface area contributed by atoms with Crippen molar-refractivity contribution in [2.75, 3.05) is 14.2 Å². The average Bonchev–Trinajstić information content (AvgIpc) is 2.55. The quantitative estimate of drug-likeness (QED) is 0.689. The summed E-state index contributed by atoms with van der Waals surface area (Å²) < 4.78 is 4.71. The van der Waals surface area contributed by atoms with Crippen molar-refractivity contribution in [1.29, 1.82) is 0 Å². The molecular weight excluding hydrogens is 190 g/mol. The zero-order valence-corrected chi connectivity index (χ0v) is 9.06. The zero-order valence-electron chi connectivity index (χ0n) is 9.06. The number of ether oxygens (including phenoxy) is 1. The molecule has 0 saturated carbocycles. The van der Waals surface area contributed by atoms with E-state index in [9.17, 15) is 4.79 Å². The SMILES string of the molecule is COC(=O)CC1c2ccccc2CN1C. The lowest BCUT2D eigenvalue weighted by atomic mass is 10.0. The molecule has 0 amide bonds. The van der Waals surface area contributed by atoms with Gasteiger partial charge in [-0.2, -0.15) is 0 Å². The van der Waals surface area contributed by atoms with Gasteiger partial charge in [0.25, 0.3) is 0 Å². The Morgan fingerprint density at radius 2 is 2.27 bits per heavy atom. The maximum atomic E-state index is 11.3. The summed E-state index contributed by atoms with van der Waals surface area (Å²) in [5, 5.41) is 0. The van der Waals surface area contributed by atoms with Gasteiger partial charge in [0.15, 0.2) is 0 Å². The molecule has 0 aliphatic carbocycles. The summed E-state index contributed by atoms with van der Waals surface area (Å²) in [7, 11) is 3.47. The van der Waals surface area contributed by atoms with Gasteiger partial charge in [0.2, 0.25) is 0 Å². The Morgan fingerprint density at radius 3 is 3.00 bits per heavy atom. The predicted molar refractivity (Wildman–Crippen MR) is 57.3 cm³/mol. The highest BCUT2D eigenvalue weighted by molar-refractivity contribution is 5.70. The minimum Gasteiger partial charge on any atom is -0.469 e. The lowest BCUT2D eigenvalue weighted by Crippen LogP contribution is -2.20. The van der Waals surface area contributed by atoms with Gasteiger partial charge in [0, 0.05) is 12.6 Å². The molecule has 1 heterocycles. The largest absolute Gasteiger partial charge is 0.469 e. The Balaban J connectivity index is 2.22. The van der Waals surface area contributed by atoms with Crippen LogP contribution in [0.1, 0.15) is 23.6 Å². The van der Waals surface area contributed by atoms with Crippen molar-refractivity contribution >= 4 is 5.97 Å². The van der Waals surface area contributed by atoms with Crippen molar-refractivity contribution in [1.82, 2.24) is 4.90 Å². The minimum atomic E-state index is -0.149. The van der Waals surface area contributed by atoms with Gasteiger partial charge in [-0.05, 0) is 18.2 Å². The second-order valence-electron chi connectivity index (χ2n) is 3.91. The van der Waals surface area contributed by atoms with Gasteiger partial charge in [0.05, 0.1) is 13.5 Å². The molecule has 0 fully saturated rings. The Labute approximate surface area is 89.7 Å². The van der Waals surface area contributed by atoms with Crippen LogP contribution in [0.25, 0.3) is 0 Å². The van der Waals surface area contributed by atoms with Crippen LogP contribution in [0.5, 0.6) is 0 Å². The Bertz CT molecular complexity index is 376. The van der Waals surface area contributed by atoms with E-state index in [2.05, 4.69) is 17.0 Å². The fourth-order valence-corrected chi connectivity index (χ4v) is 2.13. The van der Waals surface area contributed by atoms with Crippen LogP contribution in [-0.4, -0.2) is 25.0 Å². The summed E-state index contributed by atoms with van der Waals surface area (Å²) in [6, 6.07) is 8.43. The Kier molecular flexibility index (Phi) is 2.73. The first kappa shape index (κ1) is 10.2. The molecule has 3 nitrogen and oxygen atoms in total. The maximum absolute atomic E-state index is 11.3. The molecule has 1 aliphatic rings. The molecule has 15 heavy (non-hydrogen) atoms. The predicted octanol–water partition coefficient (Wildman–Crippen LogP) is 1.74. The van der Waals surface area contributed by atoms with E-state index in [1.807, 2.05) is 19.2 Å². The smallest absolute Gasteiger partial charge is 0.307 e. The molecule has 1 aromatic rings. The molecule has 80 valence electrons. The first-order valence-corrected chi connectivity index (χ1v) is 5.07. The molecular formula is C12H15NO2. The summed E-state index contributed by atoms with van der Waals surface area (Å²) in [6.07, 6.45) is 0.435. The number of carbonyl (C=O) groups is 1. The summed E-state index contributed by atoms with van der Waals surface area (Å²) in [4.78, 5) is 13.5. The van der Waals surface area contributed by atoms with Crippen LogP contribution >= 0.6 is 0 Å². The van der Waals surface area contributed by atoms with Gasteiger partial charge in [-0.25, -0.2) is 0 Å². The summed E-state index contributed by atoms with van der Waals surface area (Å²) in [5.74, 6) is -0.149. The third kappa shape index (κ3) is 1.88. The van der Waals surface area contributed by atoms with E-state index in [1.165, 1.54) is 18.2 Å². The van der Waals surface area contributed by atoms with Crippen LogP contribution in [0.2, 0.25) is 0 Å². The average molecular weight is 205 g/mol. The number of methoxy groups -OCH3 is 1. The number of carbonyl (C=O) groups excluding carboxylic acids is 1. The molecule has 1 aromatic carbocycles. The highest BCUT2D eigenvalue weighted by atomic mass is 16.5. The van der Waals surface area contributed by atoms with Gasteiger partial charge < -0.3 is 4.74 Å². The highest BCUT2D eigenvalue weighted by Gasteiger charge is 2.28. The first-order valence-electron chi connectivity index (χ1n) is 5.07. The number of esters is 1. The molecule has 0 radical (unpaired) electrons. The third-order valence-corrected chi connectivity index (χ3v) is 2.95. The van der Waals surface area contributed by atoms with Gasteiger partial charge in [0.1, 0.15) is 0 Å². The zero-order chi connectivity index (χ0) is 10.8. The second kappa shape index (κ2) is 4.03. The van der Waals surface area contributed by atoms with Gasteiger partial charge in [-0.1, -0.05) is 24.3 Å². The summed E-state index contributed by atoms with van der Waals surface area (Å²) in [6.45, 7) is 0.915. The van der Waals surface area contributed by atoms with E-state index in [4.69, 9.17) is 4.74 Å². The van der Waals surface area contributed by atoms with Crippen molar-refractivity contribution in [2.24, 2.45) is 0 Å². The van der Waals surface area contributed by atoms with Crippen molar-refractivity contribution in [2.45, 2.75) is 19.0 Å². The van der Waals surface area contributed by atoms with Gasteiger partial charge in [-0.3, -0.25) is 9.69 Å². The van der Waals surface area contributed by atoms with E-state index in [0.717, 1.165) is 6.54 Å². The number of hydrogen-bond acceptors (Lipinski definition) is 3. The van der Waals surface area contributed by atoms with E-state index in [-0.39, 0.29) is 12.0 Å². The molecule has 1 atom stereocenters. The topological polar surface area (TPSA) is 29.5 Å². The number of nitrogens with zero attached hydrogens (tertiary/aromatic N) is 1. The number of benzene rings is 1. The normalized spacial score (nSPS) is 20.0. The lowest BCUT2D eigenvalue weighted by molar-refractivity contribution is -0.141. The number of rotatable bonds is 2. The second-order valence-corrected chi connectivity index (χ2v) is 3.91. The number of hydrogen-bond donors (Lipinski definition) is 0. The van der Waals surface area contributed by atoms with Gasteiger partial charge >= 0.3 is 5.97 Å². The van der Waals surface area contributed by atoms with Crippen LogP contribution in [0.4, 0.5) is 0 Å². The number of fused-ring (bicyclic) bond motifs is 1. The lowest BCUT2D eigenvalue weighted by Gasteiger charge is -2.18. The van der Waals surface area contributed by atoms with E-state index >= 15 is 0 Å². The van der Waals surface area contributed by atoms with E-state index in [1.54, 1.807) is 0 Å². The summed E-state index contributed by atoms with van der Waals surface area (Å²) >= 11 is 0. The fourth-order valence-electron chi connectivity index (χ4n) is 2.13. The first-order chi connectivity index (χ1) is 7.22. The molecule has 1 aliphatic heterocycles. The molecule has 2 rings (SSSR count). The molecule has 0 saturated heterocycles. The highest BCUT2D eigenvalue weighted by Crippen LogP contribution is 2.34. The van der Waals surface area contributed by atoms with E-state index < -0.39 is 0 Å². The monoisotopic (exact) mass is 205 g/mol. The Hall–Kier alpha value is -1.35. The van der Waals surface area contributed by atoms with Gasteiger partial charge in [-0.15, -0.1) is 0 Å². The molecule has 0 N–H and O–H groups in total. The molecule has 1 unspecified atom stereocenters. The maximum Gasteiger partial charge on any atom is 0.307 e. The molecule has 3 heteroatoms. The van der Waals surface area contributed by atoms with Crippen LogP contribution in [-0.2, 0) is 16.1 Å². The van der Waals surface area contributed by atoms with Crippen molar-refractivity contribution in [3.05, 3.63) is 35.4 Å². The van der Waals surface area contributed by atoms with Crippen molar-refractivity contribution in [3.8, 4) is 0 Å². The minimum absolute atomic E-state index is 0.149. The molecule has 0 bridgehead atoms. The molecule has 0 aromatic heterocycles. The van der Waals surface area contributed by atoms with Crippen molar-refractivity contribution < 1.29 is 9.53 Å². The van der Waals surface area contributed by atoms with Crippen LogP contribution < -0.4 is 0 Å². The van der Waals surface area contributed by atoms with Crippen molar-refractivity contribution in [3.63, 3.8) is 0 Å². The molecule has 0 spiro atoms. The van der Waals surface area contributed by atoms with E-state index in [0.29, 0.717) is 6.42 Å².